The van der Waals surface area contributed by atoms with Crippen LogP contribution in [0.3, 0.4) is 0 Å². The molecule has 6 heteroatoms. The Morgan fingerprint density at radius 3 is 2.68 bits per heavy atom. The average Bonchev–Trinajstić information content (AvgIpc) is 2.95. The number of rotatable bonds is 5. The number of H-pyrrole nitrogens is 1. The molecule has 1 aromatic carbocycles. The zero-order valence-corrected chi connectivity index (χ0v) is 14.7. The number of aromatic nitrogens is 3. The van der Waals surface area contributed by atoms with Gasteiger partial charge >= 0.3 is 0 Å². The van der Waals surface area contributed by atoms with Crippen LogP contribution in [-0.4, -0.2) is 32.5 Å². The summed E-state index contributed by atoms with van der Waals surface area (Å²) in [6, 6.07) is 11.4. The van der Waals surface area contributed by atoms with Gasteiger partial charge in [-0.05, 0) is 31.4 Å². The first kappa shape index (κ1) is 17.0. The van der Waals surface area contributed by atoms with E-state index in [9.17, 15) is 9.59 Å². The summed E-state index contributed by atoms with van der Waals surface area (Å²) in [5, 5.41) is 2.74. The summed E-state index contributed by atoms with van der Waals surface area (Å²) in [4.78, 5) is 30.2. The fourth-order valence-electron chi connectivity index (χ4n) is 3.09. The Morgan fingerprint density at radius 2 is 1.96 bits per heavy atom. The van der Waals surface area contributed by atoms with Crippen molar-refractivity contribution in [1.29, 1.82) is 0 Å². The first-order valence-corrected chi connectivity index (χ1v) is 8.31. The van der Waals surface area contributed by atoms with E-state index in [4.69, 9.17) is 0 Å². The van der Waals surface area contributed by atoms with E-state index in [1.54, 1.807) is 9.42 Å². The van der Waals surface area contributed by atoms with Crippen LogP contribution in [0.15, 0.2) is 41.2 Å². The molecular weight excluding hydrogens is 316 g/mol. The third-order valence-corrected chi connectivity index (χ3v) is 4.48. The van der Waals surface area contributed by atoms with Crippen LogP contribution in [-0.2, 0) is 17.8 Å². The lowest BCUT2D eigenvalue weighted by Gasteiger charge is -2.18. The third kappa shape index (κ3) is 3.63. The molecule has 0 fully saturated rings. The number of hydrogen-bond acceptors (Lipinski definition) is 3. The molecule has 0 aliphatic carbocycles. The van der Waals surface area contributed by atoms with Crippen LogP contribution in [0.5, 0.6) is 0 Å². The topological polar surface area (TPSA) is 70.5 Å². The fourth-order valence-corrected chi connectivity index (χ4v) is 3.09. The predicted molar refractivity (Wildman–Crippen MR) is 96.5 cm³/mol. The molecule has 0 spiro atoms. The van der Waals surface area contributed by atoms with Crippen molar-refractivity contribution in [2.75, 3.05) is 7.05 Å². The Bertz CT molecular complexity index is 957. The van der Waals surface area contributed by atoms with Gasteiger partial charge in [0.05, 0.1) is 0 Å². The summed E-state index contributed by atoms with van der Waals surface area (Å²) in [5.74, 6) is 0.0868. The highest BCUT2D eigenvalue weighted by atomic mass is 16.2. The van der Waals surface area contributed by atoms with Crippen LogP contribution in [0.2, 0.25) is 0 Å². The molecule has 0 saturated heterocycles. The maximum absolute atomic E-state index is 12.5. The fraction of sp³-hybridized carbons (Fsp3) is 0.316. The predicted octanol–water partition coefficient (Wildman–Crippen LogP) is 2.23. The monoisotopic (exact) mass is 338 g/mol. The van der Waals surface area contributed by atoms with Gasteiger partial charge in [0.2, 0.25) is 5.91 Å². The van der Waals surface area contributed by atoms with E-state index in [0.717, 1.165) is 22.5 Å². The van der Waals surface area contributed by atoms with Gasteiger partial charge in [-0.15, -0.1) is 0 Å². The van der Waals surface area contributed by atoms with E-state index in [1.807, 2.05) is 51.2 Å². The molecule has 3 aromatic rings. The number of hydrogen-bond donors (Lipinski definition) is 1. The number of aryl methyl sites for hydroxylation is 2. The molecule has 130 valence electrons. The smallest absolute Gasteiger partial charge is 0.266 e. The first-order valence-electron chi connectivity index (χ1n) is 8.31. The van der Waals surface area contributed by atoms with Gasteiger partial charge in [0.25, 0.3) is 5.56 Å². The molecule has 6 nitrogen and oxygen atoms in total. The van der Waals surface area contributed by atoms with Crippen LogP contribution < -0.4 is 5.56 Å². The molecule has 1 amide bonds. The summed E-state index contributed by atoms with van der Waals surface area (Å²) in [6.45, 7) is 4.45. The summed E-state index contributed by atoms with van der Waals surface area (Å²) < 4.78 is 1.68. The Kier molecular flexibility index (Phi) is 4.70. The molecular formula is C19H22N4O2. The minimum atomic E-state index is -0.175. The van der Waals surface area contributed by atoms with E-state index < -0.39 is 0 Å². The van der Waals surface area contributed by atoms with Gasteiger partial charge in [0, 0.05) is 37.5 Å². The van der Waals surface area contributed by atoms with Crippen LogP contribution >= 0.6 is 0 Å². The van der Waals surface area contributed by atoms with Gasteiger partial charge in [0.15, 0.2) is 5.65 Å². The van der Waals surface area contributed by atoms with Gasteiger partial charge in [-0.25, -0.2) is 9.50 Å². The Morgan fingerprint density at radius 1 is 1.24 bits per heavy atom. The van der Waals surface area contributed by atoms with E-state index in [1.165, 1.54) is 6.07 Å². The minimum absolute atomic E-state index is 0.0868. The number of fused-ring (bicyclic) bond motifs is 1. The molecule has 0 bridgehead atoms. The second-order valence-electron chi connectivity index (χ2n) is 6.31. The molecule has 1 N–H and O–H groups in total. The SMILES string of the molecule is Cc1nc2cc(=O)[nH]n2c(C)c1CCC(=O)N(C)Cc1ccccc1. The molecule has 0 atom stereocenters. The van der Waals surface area contributed by atoms with Crippen LogP contribution in [0.1, 0.15) is 28.9 Å². The van der Waals surface area contributed by atoms with Crippen LogP contribution in [0, 0.1) is 13.8 Å². The summed E-state index contributed by atoms with van der Waals surface area (Å²) >= 11 is 0. The van der Waals surface area contributed by atoms with Gasteiger partial charge in [0.1, 0.15) is 0 Å². The van der Waals surface area contributed by atoms with E-state index >= 15 is 0 Å². The number of benzene rings is 1. The molecule has 0 aliphatic heterocycles. The zero-order valence-electron chi connectivity index (χ0n) is 14.7. The maximum Gasteiger partial charge on any atom is 0.266 e. The standard InChI is InChI=1S/C19H22N4O2/c1-13-16(14(2)23-17(20-13)11-18(24)21-23)9-10-19(25)22(3)12-15-7-5-4-6-8-15/h4-8,11H,9-10,12H2,1-3H3,(H,21,24). The van der Waals surface area contributed by atoms with Gasteiger partial charge in [-0.1, -0.05) is 30.3 Å². The van der Waals surface area contributed by atoms with Crippen molar-refractivity contribution < 1.29 is 4.79 Å². The number of nitrogens with one attached hydrogen (secondary N) is 1. The number of carbonyl (C=O) groups is 1. The Balaban J connectivity index is 1.71. The quantitative estimate of drug-likeness (QED) is 0.775. The largest absolute Gasteiger partial charge is 0.341 e. The molecule has 0 unspecified atom stereocenters. The van der Waals surface area contributed by atoms with Crippen LogP contribution in [0.4, 0.5) is 0 Å². The highest BCUT2D eigenvalue weighted by Crippen LogP contribution is 2.16. The summed E-state index contributed by atoms with van der Waals surface area (Å²) in [6.07, 6.45) is 1.00. The molecule has 0 aliphatic rings. The second-order valence-corrected chi connectivity index (χ2v) is 6.31. The minimum Gasteiger partial charge on any atom is -0.341 e. The highest BCUT2D eigenvalue weighted by molar-refractivity contribution is 5.76. The van der Waals surface area contributed by atoms with E-state index in [2.05, 4.69) is 10.1 Å². The van der Waals surface area contributed by atoms with Crippen molar-refractivity contribution in [1.82, 2.24) is 19.5 Å². The van der Waals surface area contributed by atoms with Crippen LogP contribution in [0.25, 0.3) is 5.65 Å². The Hall–Kier alpha value is -2.89. The van der Waals surface area contributed by atoms with Gasteiger partial charge in [-0.3, -0.25) is 14.7 Å². The second kappa shape index (κ2) is 6.93. The van der Waals surface area contributed by atoms with Crippen molar-refractivity contribution in [3.8, 4) is 0 Å². The highest BCUT2D eigenvalue weighted by Gasteiger charge is 2.14. The molecule has 2 heterocycles. The summed E-state index contributed by atoms with van der Waals surface area (Å²) in [5.41, 5.74) is 4.32. The number of carbonyl (C=O) groups excluding carboxylic acids is 1. The molecule has 2 aromatic heterocycles. The molecule has 0 saturated carbocycles. The number of aromatic amines is 1. The zero-order chi connectivity index (χ0) is 18.0. The average molecular weight is 338 g/mol. The third-order valence-electron chi connectivity index (χ3n) is 4.48. The molecule has 3 rings (SSSR count). The van der Waals surface area contributed by atoms with Crippen molar-refractivity contribution in [3.05, 3.63) is 69.3 Å². The van der Waals surface area contributed by atoms with E-state index in [0.29, 0.717) is 25.0 Å². The van der Waals surface area contributed by atoms with Crippen molar-refractivity contribution >= 4 is 11.6 Å². The lowest BCUT2D eigenvalue weighted by Crippen LogP contribution is -2.26. The summed E-state index contributed by atoms with van der Waals surface area (Å²) in [7, 11) is 1.82. The Labute approximate surface area is 146 Å². The normalized spacial score (nSPS) is 11.0. The number of nitrogens with zero attached hydrogens (tertiary/aromatic N) is 3. The van der Waals surface area contributed by atoms with Gasteiger partial charge < -0.3 is 4.90 Å². The van der Waals surface area contributed by atoms with Crippen molar-refractivity contribution in [2.24, 2.45) is 0 Å². The van der Waals surface area contributed by atoms with E-state index in [-0.39, 0.29) is 11.5 Å². The van der Waals surface area contributed by atoms with Crippen molar-refractivity contribution in [3.63, 3.8) is 0 Å². The lowest BCUT2D eigenvalue weighted by molar-refractivity contribution is -0.130. The maximum atomic E-state index is 12.5. The first-order chi connectivity index (χ1) is 12.0. The lowest BCUT2D eigenvalue weighted by atomic mass is 10.1. The molecule has 0 radical (unpaired) electrons. The molecule has 25 heavy (non-hydrogen) atoms. The van der Waals surface area contributed by atoms with Crippen molar-refractivity contribution in [2.45, 2.75) is 33.2 Å². The van der Waals surface area contributed by atoms with Gasteiger partial charge in [-0.2, -0.15) is 0 Å². The number of amides is 1.